The number of hydrogen-bond acceptors (Lipinski definition) is 4. The van der Waals surface area contributed by atoms with Gasteiger partial charge in [-0.2, -0.15) is 0 Å². The Hall–Kier alpha value is -2.99. The minimum absolute atomic E-state index is 0.127. The molecule has 2 amide bonds. The van der Waals surface area contributed by atoms with E-state index in [4.69, 9.17) is 0 Å². The largest absolute Gasteiger partial charge is 0.373 e. The van der Waals surface area contributed by atoms with Crippen molar-refractivity contribution in [3.8, 4) is 0 Å². The fourth-order valence-corrected chi connectivity index (χ4v) is 2.89. The first-order valence-electron chi connectivity index (χ1n) is 7.23. The average Bonchev–Trinajstić information content (AvgIpc) is 3.07. The predicted octanol–water partition coefficient (Wildman–Crippen LogP) is 1.72. The monoisotopic (exact) mass is 307 g/mol. The van der Waals surface area contributed by atoms with Crippen molar-refractivity contribution >= 4 is 22.8 Å². The summed E-state index contributed by atoms with van der Waals surface area (Å²) >= 11 is 0. The molecule has 0 bridgehead atoms. The zero-order valence-electron chi connectivity index (χ0n) is 12.1. The molecule has 0 spiro atoms. The van der Waals surface area contributed by atoms with Crippen LogP contribution in [0, 0.1) is 0 Å². The normalized spacial score (nSPS) is 15.3. The number of benzene rings is 1. The second kappa shape index (κ2) is 5.03. The highest BCUT2D eigenvalue weighted by Crippen LogP contribution is 2.25. The molecule has 1 atom stereocenters. The summed E-state index contributed by atoms with van der Waals surface area (Å²) in [4.78, 5) is 32.8. The van der Waals surface area contributed by atoms with Gasteiger partial charge in [-0.1, -0.05) is 12.1 Å². The maximum atomic E-state index is 12.3. The van der Waals surface area contributed by atoms with Gasteiger partial charge in [-0.05, 0) is 30.3 Å². The lowest BCUT2D eigenvalue weighted by Crippen LogP contribution is -2.41. The fraction of sp³-hybridized carbons (Fsp3) is 0.118. The van der Waals surface area contributed by atoms with Crippen LogP contribution in [-0.4, -0.2) is 38.0 Å². The van der Waals surface area contributed by atoms with E-state index in [0.717, 1.165) is 10.3 Å². The summed E-state index contributed by atoms with van der Waals surface area (Å²) in [5, 5.41) is 11.3. The van der Waals surface area contributed by atoms with Gasteiger partial charge in [-0.15, -0.1) is 0 Å². The molecule has 2 aromatic heterocycles. The highest BCUT2D eigenvalue weighted by atomic mass is 16.3. The molecular formula is C17H13N3O3. The maximum Gasteiger partial charge on any atom is 0.263 e. The zero-order valence-corrected chi connectivity index (χ0v) is 12.1. The van der Waals surface area contributed by atoms with Gasteiger partial charge in [0.05, 0.1) is 11.1 Å². The van der Waals surface area contributed by atoms with E-state index in [2.05, 4.69) is 9.97 Å². The van der Waals surface area contributed by atoms with E-state index >= 15 is 0 Å². The number of rotatable bonds is 3. The van der Waals surface area contributed by atoms with Crippen molar-refractivity contribution in [1.82, 2.24) is 14.9 Å². The summed E-state index contributed by atoms with van der Waals surface area (Å²) in [5.74, 6) is -0.931. The Balaban J connectivity index is 1.61. The number of amides is 2. The molecular weight excluding hydrogens is 294 g/mol. The summed E-state index contributed by atoms with van der Waals surface area (Å²) in [6.07, 6.45) is 0.570. The van der Waals surface area contributed by atoms with Crippen LogP contribution in [-0.2, 0) is 6.42 Å². The van der Waals surface area contributed by atoms with Crippen LogP contribution >= 0.6 is 0 Å². The van der Waals surface area contributed by atoms with E-state index in [1.165, 1.54) is 0 Å². The third-order valence-electron chi connectivity index (χ3n) is 3.97. The van der Waals surface area contributed by atoms with Crippen LogP contribution in [0.5, 0.6) is 0 Å². The van der Waals surface area contributed by atoms with Crippen LogP contribution in [0.3, 0.4) is 0 Å². The summed E-state index contributed by atoms with van der Waals surface area (Å²) in [6, 6.07) is 12.2. The van der Waals surface area contributed by atoms with Crippen LogP contribution < -0.4 is 0 Å². The van der Waals surface area contributed by atoms with E-state index in [9.17, 15) is 14.7 Å². The number of aromatic amines is 1. The summed E-state index contributed by atoms with van der Waals surface area (Å²) in [5.41, 5.74) is 2.07. The second-order valence-electron chi connectivity index (χ2n) is 5.45. The molecule has 0 aliphatic carbocycles. The number of aliphatic hydroxyl groups is 1. The molecule has 3 heterocycles. The van der Waals surface area contributed by atoms with Gasteiger partial charge in [0.25, 0.3) is 11.8 Å². The molecule has 6 heteroatoms. The number of pyridine rings is 1. The van der Waals surface area contributed by atoms with Crippen LogP contribution in [0.15, 0.2) is 48.7 Å². The SMILES string of the molecule is O=C1c2ccccc2C(=O)N1C(O)Cc1cc2cccnc2[nH]1. The molecule has 1 unspecified atom stereocenters. The van der Waals surface area contributed by atoms with Gasteiger partial charge in [0.2, 0.25) is 0 Å². The molecule has 114 valence electrons. The Kier molecular flexibility index (Phi) is 2.99. The quantitative estimate of drug-likeness (QED) is 0.721. The molecule has 0 saturated carbocycles. The van der Waals surface area contributed by atoms with Crippen molar-refractivity contribution in [1.29, 1.82) is 0 Å². The number of fused-ring (bicyclic) bond motifs is 2. The lowest BCUT2D eigenvalue weighted by molar-refractivity contribution is 0.0140. The number of aliphatic hydroxyl groups excluding tert-OH is 1. The van der Waals surface area contributed by atoms with E-state index in [0.29, 0.717) is 22.5 Å². The molecule has 2 N–H and O–H groups in total. The number of nitrogens with zero attached hydrogens (tertiary/aromatic N) is 2. The van der Waals surface area contributed by atoms with Crippen LogP contribution in [0.25, 0.3) is 11.0 Å². The smallest absolute Gasteiger partial charge is 0.263 e. The number of hydrogen-bond donors (Lipinski definition) is 2. The molecule has 23 heavy (non-hydrogen) atoms. The van der Waals surface area contributed by atoms with Gasteiger partial charge in [-0.3, -0.25) is 9.59 Å². The van der Waals surface area contributed by atoms with E-state index in [1.807, 2.05) is 18.2 Å². The highest BCUT2D eigenvalue weighted by Gasteiger charge is 2.39. The van der Waals surface area contributed by atoms with Crippen molar-refractivity contribution in [2.75, 3.05) is 0 Å². The standard InChI is InChI=1S/C17H13N3O3/c21-14(9-11-8-10-4-3-7-18-15(10)19-11)20-16(22)12-5-1-2-6-13(12)17(20)23/h1-8,14,21H,9H2,(H,18,19). The van der Waals surface area contributed by atoms with Crippen LogP contribution in [0.2, 0.25) is 0 Å². The number of aromatic nitrogens is 2. The number of imide groups is 1. The van der Waals surface area contributed by atoms with Gasteiger partial charge < -0.3 is 10.1 Å². The van der Waals surface area contributed by atoms with Gasteiger partial charge in [0.1, 0.15) is 11.9 Å². The Morgan fingerprint density at radius 3 is 2.43 bits per heavy atom. The van der Waals surface area contributed by atoms with Crippen molar-refractivity contribution in [2.45, 2.75) is 12.6 Å². The summed E-state index contributed by atoms with van der Waals surface area (Å²) in [6.45, 7) is 0. The Bertz CT molecular complexity index is 863. The van der Waals surface area contributed by atoms with Gasteiger partial charge in [-0.25, -0.2) is 9.88 Å². The Labute approximate surface area is 131 Å². The van der Waals surface area contributed by atoms with Crippen molar-refractivity contribution in [3.63, 3.8) is 0 Å². The highest BCUT2D eigenvalue weighted by molar-refractivity contribution is 6.21. The van der Waals surface area contributed by atoms with Crippen molar-refractivity contribution in [3.05, 3.63) is 65.5 Å². The van der Waals surface area contributed by atoms with Gasteiger partial charge >= 0.3 is 0 Å². The number of H-pyrrole nitrogens is 1. The first-order chi connectivity index (χ1) is 11.1. The maximum absolute atomic E-state index is 12.3. The molecule has 4 rings (SSSR count). The third kappa shape index (κ3) is 2.11. The van der Waals surface area contributed by atoms with E-state index < -0.39 is 18.0 Å². The topological polar surface area (TPSA) is 86.3 Å². The molecule has 1 aromatic carbocycles. The number of nitrogens with one attached hydrogen (secondary N) is 1. The van der Waals surface area contributed by atoms with Crippen molar-refractivity contribution in [2.24, 2.45) is 0 Å². The van der Waals surface area contributed by atoms with Gasteiger partial charge in [0.15, 0.2) is 0 Å². The van der Waals surface area contributed by atoms with Crippen LogP contribution in [0.4, 0.5) is 0 Å². The number of carbonyl (C=O) groups is 2. The molecule has 0 fully saturated rings. The summed E-state index contributed by atoms with van der Waals surface area (Å²) in [7, 11) is 0. The first-order valence-corrected chi connectivity index (χ1v) is 7.23. The van der Waals surface area contributed by atoms with Gasteiger partial charge in [0, 0.05) is 23.7 Å². The van der Waals surface area contributed by atoms with E-state index in [1.54, 1.807) is 30.5 Å². The lowest BCUT2D eigenvalue weighted by Gasteiger charge is -2.20. The molecule has 1 aliphatic rings. The van der Waals surface area contributed by atoms with E-state index in [-0.39, 0.29) is 6.42 Å². The lowest BCUT2D eigenvalue weighted by atomic mass is 10.1. The minimum Gasteiger partial charge on any atom is -0.373 e. The first kappa shape index (κ1) is 13.7. The number of carbonyl (C=O) groups excluding carboxylic acids is 2. The summed E-state index contributed by atoms with van der Waals surface area (Å²) < 4.78 is 0. The molecule has 6 nitrogen and oxygen atoms in total. The van der Waals surface area contributed by atoms with Crippen molar-refractivity contribution < 1.29 is 14.7 Å². The third-order valence-corrected chi connectivity index (χ3v) is 3.97. The fourth-order valence-electron chi connectivity index (χ4n) is 2.89. The molecule has 3 aromatic rings. The zero-order chi connectivity index (χ0) is 16.0. The Morgan fingerprint density at radius 1 is 1.09 bits per heavy atom. The molecule has 0 radical (unpaired) electrons. The molecule has 1 aliphatic heterocycles. The minimum atomic E-state index is -1.23. The van der Waals surface area contributed by atoms with Crippen LogP contribution in [0.1, 0.15) is 26.4 Å². The second-order valence-corrected chi connectivity index (χ2v) is 5.45. The molecule has 0 saturated heterocycles. The Morgan fingerprint density at radius 2 is 1.78 bits per heavy atom. The average molecular weight is 307 g/mol. The predicted molar refractivity (Wildman–Crippen MR) is 82.7 cm³/mol.